The molecule has 0 aliphatic carbocycles. The third-order valence-electron chi connectivity index (χ3n) is 2.23. The van der Waals surface area contributed by atoms with Crippen LogP contribution >= 0.6 is 0 Å². The zero-order valence-electron chi connectivity index (χ0n) is 9.80. The Bertz CT molecular complexity index is 591. The zero-order valence-corrected chi connectivity index (χ0v) is 9.80. The molecular formula is C12H11FN4O2. The van der Waals surface area contributed by atoms with Gasteiger partial charge in [0.2, 0.25) is 0 Å². The number of rotatable bonds is 5. The highest BCUT2D eigenvalue weighted by Crippen LogP contribution is 2.22. The van der Waals surface area contributed by atoms with Crippen LogP contribution in [0.1, 0.15) is 0 Å². The van der Waals surface area contributed by atoms with Gasteiger partial charge in [-0.25, -0.2) is 14.4 Å². The lowest BCUT2D eigenvalue weighted by Crippen LogP contribution is -2.14. The molecule has 0 fully saturated rings. The van der Waals surface area contributed by atoms with Crippen LogP contribution in [-0.2, 0) is 4.79 Å². The Hall–Kier alpha value is -2.70. The number of hydrogen-bond acceptors (Lipinski definition) is 5. The zero-order chi connectivity index (χ0) is 13.7. The van der Waals surface area contributed by atoms with E-state index in [9.17, 15) is 9.18 Å². The minimum absolute atomic E-state index is 0.237. The first-order valence-corrected chi connectivity index (χ1v) is 5.45. The van der Waals surface area contributed by atoms with E-state index in [0.717, 1.165) is 0 Å². The first-order chi connectivity index (χ1) is 9.16. The van der Waals surface area contributed by atoms with Gasteiger partial charge in [0.1, 0.15) is 12.4 Å². The topological polar surface area (TPSA) is 87.1 Å². The van der Waals surface area contributed by atoms with Gasteiger partial charge < -0.3 is 15.7 Å². The lowest BCUT2D eigenvalue weighted by Gasteiger charge is -2.10. The average molecular weight is 262 g/mol. The van der Waals surface area contributed by atoms with E-state index in [2.05, 4.69) is 20.6 Å². The maximum atomic E-state index is 13.5. The molecule has 0 amide bonds. The minimum atomic E-state index is -1.03. The molecule has 0 atom stereocenters. The number of halogens is 1. The lowest BCUT2D eigenvalue weighted by molar-refractivity contribution is -0.134. The van der Waals surface area contributed by atoms with Crippen molar-refractivity contribution < 1.29 is 14.3 Å². The van der Waals surface area contributed by atoms with Crippen molar-refractivity contribution in [1.82, 2.24) is 9.97 Å². The van der Waals surface area contributed by atoms with Crippen molar-refractivity contribution in [2.45, 2.75) is 0 Å². The van der Waals surface area contributed by atoms with Gasteiger partial charge in [-0.3, -0.25) is 4.79 Å². The fraction of sp³-hybridized carbons (Fsp3) is 0.0833. The molecule has 2 rings (SSSR count). The van der Waals surface area contributed by atoms with Crippen LogP contribution in [0.5, 0.6) is 0 Å². The van der Waals surface area contributed by atoms with Gasteiger partial charge in [-0.05, 0) is 12.1 Å². The van der Waals surface area contributed by atoms with Gasteiger partial charge in [0, 0.05) is 12.4 Å². The number of carboxylic acid groups (broad SMARTS) is 1. The van der Waals surface area contributed by atoms with Crippen LogP contribution < -0.4 is 10.6 Å². The molecule has 6 nitrogen and oxygen atoms in total. The molecule has 0 bridgehead atoms. The van der Waals surface area contributed by atoms with Crippen LogP contribution in [0.15, 0.2) is 36.7 Å². The number of nitrogens with one attached hydrogen (secondary N) is 2. The summed E-state index contributed by atoms with van der Waals surface area (Å²) in [7, 11) is 0. The molecule has 3 N–H and O–H groups in total. The second-order valence-corrected chi connectivity index (χ2v) is 3.61. The molecule has 7 heteroatoms. The van der Waals surface area contributed by atoms with E-state index in [1.807, 2.05) is 0 Å². The van der Waals surface area contributed by atoms with Gasteiger partial charge in [-0.1, -0.05) is 12.1 Å². The van der Waals surface area contributed by atoms with Gasteiger partial charge in [-0.2, -0.15) is 0 Å². The van der Waals surface area contributed by atoms with Gasteiger partial charge in [0.25, 0.3) is 0 Å². The van der Waals surface area contributed by atoms with E-state index in [1.165, 1.54) is 18.5 Å². The maximum Gasteiger partial charge on any atom is 0.322 e. The summed E-state index contributed by atoms with van der Waals surface area (Å²) in [6.07, 6.45) is 2.84. The van der Waals surface area contributed by atoms with Crippen molar-refractivity contribution in [2.75, 3.05) is 17.2 Å². The van der Waals surface area contributed by atoms with Crippen molar-refractivity contribution >= 4 is 23.3 Å². The number of benzene rings is 1. The number of nitrogens with zero attached hydrogens (tertiary/aromatic N) is 2. The number of carbonyl (C=O) groups is 1. The van der Waals surface area contributed by atoms with Crippen molar-refractivity contribution in [2.24, 2.45) is 0 Å². The highest BCUT2D eigenvalue weighted by atomic mass is 19.1. The molecule has 19 heavy (non-hydrogen) atoms. The highest BCUT2D eigenvalue weighted by molar-refractivity contribution is 5.75. The summed E-state index contributed by atoms with van der Waals surface area (Å²) in [6.45, 7) is -0.301. The van der Waals surface area contributed by atoms with Crippen molar-refractivity contribution in [3.63, 3.8) is 0 Å². The summed E-state index contributed by atoms with van der Waals surface area (Å²) >= 11 is 0. The fourth-order valence-corrected chi connectivity index (χ4v) is 1.41. The molecule has 0 saturated heterocycles. The van der Waals surface area contributed by atoms with Crippen LogP contribution in [0.25, 0.3) is 0 Å². The lowest BCUT2D eigenvalue weighted by atomic mass is 10.3. The quantitative estimate of drug-likeness (QED) is 0.762. The molecule has 1 aromatic heterocycles. The monoisotopic (exact) mass is 262 g/mol. The van der Waals surface area contributed by atoms with Crippen LogP contribution in [0, 0.1) is 5.82 Å². The van der Waals surface area contributed by atoms with Crippen LogP contribution in [-0.4, -0.2) is 27.6 Å². The van der Waals surface area contributed by atoms with E-state index in [4.69, 9.17) is 5.11 Å². The SMILES string of the molecule is O=C(O)CNc1nccnc1Nc1ccccc1F. The van der Waals surface area contributed by atoms with Gasteiger partial charge in [0.05, 0.1) is 5.69 Å². The Morgan fingerprint density at radius 2 is 1.89 bits per heavy atom. The average Bonchev–Trinajstić information content (AvgIpc) is 2.40. The molecule has 0 unspecified atom stereocenters. The molecule has 0 spiro atoms. The largest absolute Gasteiger partial charge is 0.480 e. The predicted molar refractivity (Wildman–Crippen MR) is 67.8 cm³/mol. The Labute approximate surface area is 108 Å². The minimum Gasteiger partial charge on any atom is -0.480 e. The first-order valence-electron chi connectivity index (χ1n) is 5.45. The van der Waals surface area contributed by atoms with E-state index in [1.54, 1.807) is 18.2 Å². The second-order valence-electron chi connectivity index (χ2n) is 3.61. The summed E-state index contributed by atoms with van der Waals surface area (Å²) in [5, 5.41) is 14.0. The molecule has 0 aliphatic heterocycles. The number of carboxylic acids is 1. The number of hydrogen-bond donors (Lipinski definition) is 3. The molecule has 1 aromatic carbocycles. The summed E-state index contributed by atoms with van der Waals surface area (Å²) in [4.78, 5) is 18.5. The van der Waals surface area contributed by atoms with Gasteiger partial charge >= 0.3 is 5.97 Å². The molecule has 0 aliphatic rings. The third kappa shape index (κ3) is 3.38. The standard InChI is InChI=1S/C12H11FN4O2/c13-8-3-1-2-4-9(8)17-12-11(14-5-6-15-12)16-7-10(18)19/h1-6H,7H2,(H,14,16)(H,15,17)(H,18,19). The summed E-state index contributed by atoms with van der Waals surface area (Å²) in [5.74, 6) is -0.957. The van der Waals surface area contributed by atoms with Crippen LogP contribution in [0.2, 0.25) is 0 Å². The molecule has 0 radical (unpaired) electrons. The second kappa shape index (κ2) is 5.76. The van der Waals surface area contributed by atoms with Gasteiger partial charge in [-0.15, -0.1) is 0 Å². The molecular weight excluding hydrogens is 251 g/mol. The van der Waals surface area contributed by atoms with Crippen LogP contribution in [0.4, 0.5) is 21.7 Å². The smallest absolute Gasteiger partial charge is 0.322 e. The molecule has 1 heterocycles. The van der Waals surface area contributed by atoms with E-state index in [0.29, 0.717) is 0 Å². The Kier molecular flexibility index (Phi) is 3.87. The maximum absolute atomic E-state index is 13.5. The first kappa shape index (κ1) is 12.7. The summed E-state index contributed by atoms with van der Waals surface area (Å²) in [6, 6.07) is 6.10. The summed E-state index contributed by atoms with van der Waals surface area (Å²) in [5.41, 5.74) is 0.237. The van der Waals surface area contributed by atoms with Crippen molar-refractivity contribution in [1.29, 1.82) is 0 Å². The molecule has 2 aromatic rings. The molecule has 98 valence electrons. The van der Waals surface area contributed by atoms with E-state index >= 15 is 0 Å². The number of para-hydroxylation sites is 1. The number of anilines is 3. The predicted octanol–water partition coefficient (Wildman–Crippen LogP) is 1.86. The van der Waals surface area contributed by atoms with E-state index < -0.39 is 11.8 Å². The van der Waals surface area contributed by atoms with Crippen molar-refractivity contribution in [3.05, 3.63) is 42.5 Å². The fourth-order valence-electron chi connectivity index (χ4n) is 1.41. The third-order valence-corrected chi connectivity index (χ3v) is 2.23. The van der Waals surface area contributed by atoms with Crippen molar-refractivity contribution in [3.8, 4) is 0 Å². The molecule has 0 saturated carbocycles. The number of aromatic nitrogens is 2. The van der Waals surface area contributed by atoms with Crippen LogP contribution in [0.3, 0.4) is 0 Å². The Balaban J connectivity index is 2.20. The normalized spacial score (nSPS) is 9.95. The Morgan fingerprint density at radius 3 is 2.58 bits per heavy atom. The van der Waals surface area contributed by atoms with E-state index in [-0.39, 0.29) is 23.9 Å². The highest BCUT2D eigenvalue weighted by Gasteiger charge is 2.08. The summed E-state index contributed by atoms with van der Waals surface area (Å²) < 4.78 is 13.5. The van der Waals surface area contributed by atoms with Gasteiger partial charge in [0.15, 0.2) is 11.6 Å². The number of aliphatic carboxylic acids is 1. The Morgan fingerprint density at radius 1 is 1.21 bits per heavy atom.